The van der Waals surface area contributed by atoms with Crippen molar-refractivity contribution in [3.63, 3.8) is 0 Å². The zero-order valence-corrected chi connectivity index (χ0v) is 10.7. The van der Waals surface area contributed by atoms with Crippen molar-refractivity contribution in [2.75, 3.05) is 11.9 Å². The quantitative estimate of drug-likeness (QED) is 0.734. The van der Waals surface area contributed by atoms with Gasteiger partial charge < -0.3 is 4.90 Å². The average molecular weight is 245 g/mol. The molecule has 0 radical (unpaired) electrons. The van der Waals surface area contributed by atoms with Gasteiger partial charge in [0.1, 0.15) is 6.33 Å². The van der Waals surface area contributed by atoms with E-state index in [0.717, 1.165) is 5.56 Å². The number of aromatic nitrogens is 2. The normalized spacial score (nSPS) is 11.1. The number of anilines is 1. The molecule has 0 aliphatic rings. The van der Waals surface area contributed by atoms with Crippen LogP contribution in [0.25, 0.3) is 0 Å². The minimum absolute atomic E-state index is 0.180. The van der Waals surface area contributed by atoms with Gasteiger partial charge in [0, 0.05) is 37.5 Å². The van der Waals surface area contributed by atoms with Crippen LogP contribution in [0, 0.1) is 0 Å². The Hall–Kier alpha value is -2.04. The van der Waals surface area contributed by atoms with Crippen LogP contribution in [-0.2, 0) is 6.42 Å². The maximum Gasteiger partial charge on any atom is 0.249 e. The molecular formula is C13H15N3O2. The zero-order valence-electron chi connectivity index (χ0n) is 10.7. The Bertz CT molecular complexity index is 613. The number of hydrogen-bond acceptors (Lipinski definition) is 5. The van der Waals surface area contributed by atoms with Crippen LogP contribution in [0.2, 0.25) is 0 Å². The fourth-order valence-electron chi connectivity index (χ4n) is 1.85. The molecular weight excluding hydrogens is 230 g/mol. The molecule has 0 unspecified atom stereocenters. The summed E-state index contributed by atoms with van der Waals surface area (Å²) in [5.74, 6) is 0. The van der Waals surface area contributed by atoms with Crippen molar-refractivity contribution in [3.8, 4) is 0 Å². The van der Waals surface area contributed by atoms with Gasteiger partial charge in [0.05, 0.1) is 5.69 Å². The number of hydrogen-bond donors (Lipinski definition) is 0. The Morgan fingerprint density at radius 3 is 2.33 bits per heavy atom. The van der Waals surface area contributed by atoms with Crippen LogP contribution in [-0.4, -0.2) is 23.1 Å². The van der Waals surface area contributed by atoms with Crippen molar-refractivity contribution >= 4 is 5.69 Å². The molecule has 0 bridgehead atoms. The van der Waals surface area contributed by atoms with E-state index in [0.29, 0.717) is 17.7 Å². The fraction of sp³-hybridized carbons (Fsp3) is 0.385. The van der Waals surface area contributed by atoms with E-state index in [1.165, 1.54) is 6.33 Å². The second kappa shape index (κ2) is 4.68. The van der Waals surface area contributed by atoms with Crippen molar-refractivity contribution in [1.82, 2.24) is 9.97 Å². The molecule has 1 aromatic carbocycles. The summed E-state index contributed by atoms with van der Waals surface area (Å²) in [6.07, 6.45) is 5.16. The molecule has 94 valence electrons. The van der Waals surface area contributed by atoms with Crippen LogP contribution in [0.5, 0.6) is 0 Å². The van der Waals surface area contributed by atoms with E-state index in [1.807, 2.05) is 25.8 Å². The monoisotopic (exact) mass is 245 g/mol. The Balaban J connectivity index is 2.33. The predicted octanol–water partition coefficient (Wildman–Crippen LogP) is 0.508. The van der Waals surface area contributed by atoms with E-state index in [4.69, 9.17) is 0 Å². The average Bonchev–Trinajstić information content (AvgIpc) is 2.38. The topological polar surface area (TPSA) is 63.2 Å². The molecule has 18 heavy (non-hydrogen) atoms. The third-order valence-electron chi connectivity index (χ3n) is 3.10. The number of nitrogens with zero attached hydrogens (tertiary/aromatic N) is 3. The van der Waals surface area contributed by atoms with Crippen molar-refractivity contribution in [1.29, 1.82) is 0 Å². The van der Waals surface area contributed by atoms with Crippen molar-refractivity contribution in [2.24, 2.45) is 0 Å². The van der Waals surface area contributed by atoms with Crippen LogP contribution in [0.3, 0.4) is 0 Å². The maximum atomic E-state index is 11.6. The summed E-state index contributed by atoms with van der Waals surface area (Å²) in [6, 6.07) is 0.180. The molecule has 5 nitrogen and oxygen atoms in total. The third-order valence-corrected chi connectivity index (χ3v) is 3.10. The first-order valence-electron chi connectivity index (χ1n) is 5.81. The van der Waals surface area contributed by atoms with Crippen molar-refractivity contribution in [2.45, 2.75) is 26.3 Å². The Labute approximate surface area is 105 Å². The highest BCUT2D eigenvalue weighted by atomic mass is 16.2. The van der Waals surface area contributed by atoms with Crippen LogP contribution in [0.4, 0.5) is 5.69 Å². The highest BCUT2D eigenvalue weighted by Gasteiger charge is 2.25. The summed E-state index contributed by atoms with van der Waals surface area (Å²) in [6.45, 7) is 3.96. The van der Waals surface area contributed by atoms with Crippen LogP contribution >= 0.6 is 0 Å². The Kier molecular flexibility index (Phi) is 3.23. The lowest BCUT2D eigenvalue weighted by Gasteiger charge is -2.26. The lowest BCUT2D eigenvalue weighted by molar-refractivity contribution is 0.741. The van der Waals surface area contributed by atoms with E-state index < -0.39 is 5.43 Å². The molecule has 1 aromatic heterocycles. The van der Waals surface area contributed by atoms with Crippen LogP contribution < -0.4 is 15.8 Å². The molecule has 0 aliphatic heterocycles. The predicted molar refractivity (Wildman–Crippen MR) is 69.7 cm³/mol. The Morgan fingerprint density at radius 1 is 1.17 bits per heavy atom. The van der Waals surface area contributed by atoms with Gasteiger partial charge in [-0.1, -0.05) is 0 Å². The number of rotatable bonds is 4. The highest BCUT2D eigenvalue weighted by molar-refractivity contribution is 5.59. The minimum atomic E-state index is -0.391. The van der Waals surface area contributed by atoms with Crippen molar-refractivity contribution in [3.05, 3.63) is 50.3 Å². The van der Waals surface area contributed by atoms with Gasteiger partial charge in [-0.25, -0.2) is 9.97 Å². The second-order valence-corrected chi connectivity index (χ2v) is 4.61. The smallest absolute Gasteiger partial charge is 0.249 e. The molecule has 2 rings (SSSR count). The van der Waals surface area contributed by atoms with E-state index in [9.17, 15) is 9.59 Å². The maximum absolute atomic E-state index is 11.6. The lowest BCUT2D eigenvalue weighted by atomic mass is 9.99. The highest BCUT2D eigenvalue weighted by Crippen LogP contribution is 2.18. The first-order valence-corrected chi connectivity index (χ1v) is 5.81. The molecule has 0 saturated heterocycles. The van der Waals surface area contributed by atoms with E-state index in [-0.39, 0.29) is 11.5 Å². The summed E-state index contributed by atoms with van der Waals surface area (Å²) in [5, 5.41) is 0. The molecule has 0 atom stereocenters. The first-order chi connectivity index (χ1) is 8.52. The first kappa shape index (κ1) is 12.4. The van der Waals surface area contributed by atoms with Gasteiger partial charge in [0.25, 0.3) is 0 Å². The molecule has 0 N–H and O–H groups in total. The molecule has 0 saturated carbocycles. The van der Waals surface area contributed by atoms with Gasteiger partial charge >= 0.3 is 0 Å². The largest absolute Gasteiger partial charge is 0.369 e. The third kappa shape index (κ3) is 2.03. The summed E-state index contributed by atoms with van der Waals surface area (Å²) < 4.78 is 0. The summed E-state index contributed by atoms with van der Waals surface area (Å²) >= 11 is 0. The van der Waals surface area contributed by atoms with E-state index in [2.05, 4.69) is 9.97 Å². The molecule has 5 heteroatoms. The molecule has 0 spiro atoms. The van der Waals surface area contributed by atoms with Gasteiger partial charge in [-0.15, -0.1) is 0 Å². The van der Waals surface area contributed by atoms with Crippen molar-refractivity contribution < 1.29 is 0 Å². The summed E-state index contributed by atoms with van der Waals surface area (Å²) in [7, 11) is 1.83. The second-order valence-electron chi connectivity index (χ2n) is 4.61. The summed E-state index contributed by atoms with van der Waals surface area (Å²) in [4.78, 5) is 32.9. The standard InChI is InChI=1S/C13H15N3O2/c1-8(2)16(3)11-10(12(17)13(11)18)4-9-5-14-7-15-6-9/h5-8H,4H2,1-3H3. The minimum Gasteiger partial charge on any atom is -0.369 e. The molecule has 0 amide bonds. The van der Waals surface area contributed by atoms with Gasteiger partial charge in [0.2, 0.25) is 10.9 Å². The van der Waals surface area contributed by atoms with Gasteiger partial charge in [-0.2, -0.15) is 0 Å². The van der Waals surface area contributed by atoms with Gasteiger partial charge in [-0.05, 0) is 19.4 Å². The SMILES string of the molecule is CC(C)N(C)c1c(Cc2cncnc2)c(=O)c1=O. The van der Waals surface area contributed by atoms with E-state index in [1.54, 1.807) is 12.4 Å². The van der Waals surface area contributed by atoms with Gasteiger partial charge in [-0.3, -0.25) is 9.59 Å². The molecule has 1 heterocycles. The molecule has 2 aromatic rings. The van der Waals surface area contributed by atoms with Crippen LogP contribution in [0.15, 0.2) is 28.3 Å². The van der Waals surface area contributed by atoms with E-state index >= 15 is 0 Å². The molecule has 0 aliphatic carbocycles. The molecule has 0 fully saturated rings. The van der Waals surface area contributed by atoms with Gasteiger partial charge in [0.15, 0.2) is 0 Å². The lowest BCUT2D eigenvalue weighted by Crippen LogP contribution is -2.44. The Morgan fingerprint density at radius 2 is 1.78 bits per heavy atom. The zero-order chi connectivity index (χ0) is 13.3. The van der Waals surface area contributed by atoms with Crippen LogP contribution in [0.1, 0.15) is 25.0 Å². The summed E-state index contributed by atoms with van der Waals surface area (Å²) in [5.41, 5.74) is 1.15. The fourth-order valence-corrected chi connectivity index (χ4v) is 1.85.